The van der Waals surface area contributed by atoms with Crippen molar-refractivity contribution in [1.82, 2.24) is 0 Å². The third kappa shape index (κ3) is 1.77. The lowest BCUT2D eigenvalue weighted by atomic mass is 9.48. The van der Waals surface area contributed by atoms with Gasteiger partial charge in [-0.25, -0.2) is 0 Å². The first-order valence-electron chi connectivity index (χ1n) is 6.90. The minimum absolute atomic E-state index is 0.803. The van der Waals surface area contributed by atoms with Gasteiger partial charge in [0.25, 0.3) is 0 Å². The van der Waals surface area contributed by atoms with Crippen LogP contribution in [0.3, 0.4) is 0 Å². The zero-order valence-electron chi connectivity index (χ0n) is 9.88. The zero-order valence-corrected chi connectivity index (χ0v) is 9.88. The summed E-state index contributed by atoms with van der Waals surface area (Å²) in [5.74, 6) is 3.37. The van der Waals surface area contributed by atoms with E-state index in [0.29, 0.717) is 0 Å². The van der Waals surface area contributed by atoms with Crippen molar-refractivity contribution in [2.75, 3.05) is 0 Å². The zero-order chi connectivity index (χ0) is 10.3. The number of hydrogen-bond donors (Lipinski definition) is 0. The quantitative estimate of drug-likeness (QED) is 0.465. The minimum atomic E-state index is 0.803. The highest BCUT2D eigenvalue weighted by Crippen LogP contribution is 2.61. The van der Waals surface area contributed by atoms with Crippen molar-refractivity contribution < 1.29 is 0 Å². The van der Waals surface area contributed by atoms with Gasteiger partial charge in [-0.2, -0.15) is 0 Å². The van der Waals surface area contributed by atoms with Crippen molar-refractivity contribution in [3.05, 3.63) is 12.7 Å². The average Bonchev–Trinajstić information content (AvgIpc) is 2.15. The van der Waals surface area contributed by atoms with Crippen LogP contribution in [0.1, 0.15) is 57.8 Å². The van der Waals surface area contributed by atoms with Crippen LogP contribution < -0.4 is 0 Å². The van der Waals surface area contributed by atoms with Gasteiger partial charge in [0.2, 0.25) is 0 Å². The Morgan fingerprint density at radius 1 is 1.00 bits per heavy atom. The summed E-state index contributed by atoms with van der Waals surface area (Å²) in [5, 5.41) is 0. The molecule has 4 rings (SSSR count). The van der Waals surface area contributed by atoms with Crippen molar-refractivity contribution in [2.45, 2.75) is 57.8 Å². The first kappa shape index (κ1) is 9.93. The van der Waals surface area contributed by atoms with E-state index in [1.54, 1.807) is 38.5 Å². The molecule has 0 aromatic heterocycles. The van der Waals surface area contributed by atoms with Gasteiger partial charge in [-0.15, -0.1) is 6.58 Å². The summed E-state index contributed by atoms with van der Waals surface area (Å²) in [4.78, 5) is 0. The Morgan fingerprint density at radius 3 is 2.00 bits per heavy atom. The fraction of sp³-hybridized carbons (Fsp3) is 0.867. The van der Waals surface area contributed by atoms with Gasteiger partial charge in [0.15, 0.2) is 0 Å². The summed E-state index contributed by atoms with van der Waals surface area (Å²) in [6, 6.07) is 0. The second-order valence-corrected chi connectivity index (χ2v) is 6.60. The maximum absolute atomic E-state index is 3.84. The fourth-order valence-electron chi connectivity index (χ4n) is 5.22. The Balaban J connectivity index is 1.67. The molecule has 0 atom stereocenters. The second kappa shape index (κ2) is 3.64. The van der Waals surface area contributed by atoms with Crippen LogP contribution in [0.5, 0.6) is 0 Å². The van der Waals surface area contributed by atoms with Gasteiger partial charge in [-0.05, 0) is 81.0 Å². The molecule has 4 fully saturated rings. The van der Waals surface area contributed by atoms with E-state index >= 15 is 0 Å². The summed E-state index contributed by atoms with van der Waals surface area (Å²) in [7, 11) is 0. The molecule has 4 saturated carbocycles. The maximum atomic E-state index is 3.84. The molecule has 0 amide bonds. The second-order valence-electron chi connectivity index (χ2n) is 6.60. The molecule has 0 heteroatoms. The summed E-state index contributed by atoms with van der Waals surface area (Å²) in [6.45, 7) is 3.84. The highest BCUT2D eigenvalue weighted by molar-refractivity contribution is 5.01. The normalized spacial score (nSPS) is 47.1. The lowest BCUT2D eigenvalue weighted by molar-refractivity contribution is -0.0579. The summed E-state index contributed by atoms with van der Waals surface area (Å²) in [5.41, 5.74) is 0.803. The third-order valence-corrected chi connectivity index (χ3v) is 5.28. The van der Waals surface area contributed by atoms with E-state index in [9.17, 15) is 0 Å². The Bertz CT molecular complexity index is 215. The Labute approximate surface area is 94.1 Å². The summed E-state index contributed by atoms with van der Waals surface area (Å²) in [6.07, 6.45) is 15.7. The van der Waals surface area contributed by atoms with Crippen LogP contribution in [0.25, 0.3) is 0 Å². The summed E-state index contributed by atoms with van der Waals surface area (Å²) >= 11 is 0. The molecule has 0 spiro atoms. The standard InChI is InChI=1S/C15H24/c1-2-3-4-5-15-9-12-6-13(10-15)8-14(7-12)11-15/h2,12-14H,1,3-11H2. The van der Waals surface area contributed by atoms with E-state index in [1.165, 1.54) is 19.3 Å². The molecule has 0 radical (unpaired) electrons. The monoisotopic (exact) mass is 204 g/mol. The molecule has 0 unspecified atom stereocenters. The Morgan fingerprint density at radius 2 is 1.53 bits per heavy atom. The molecule has 4 bridgehead atoms. The SMILES string of the molecule is C=CCCCC12CC3CC(CC(C3)C1)C2. The van der Waals surface area contributed by atoms with Crippen molar-refractivity contribution >= 4 is 0 Å². The molecule has 0 aliphatic heterocycles. The molecule has 0 heterocycles. The van der Waals surface area contributed by atoms with Gasteiger partial charge >= 0.3 is 0 Å². The molecule has 0 aromatic carbocycles. The van der Waals surface area contributed by atoms with Crippen LogP contribution in [0.4, 0.5) is 0 Å². The Hall–Kier alpha value is -0.260. The van der Waals surface area contributed by atoms with Gasteiger partial charge in [0.05, 0.1) is 0 Å². The number of unbranched alkanes of at least 4 members (excludes halogenated alkanes) is 1. The lowest BCUT2D eigenvalue weighted by Crippen LogP contribution is -2.45. The molecule has 0 aromatic rings. The van der Waals surface area contributed by atoms with Crippen LogP contribution in [0.15, 0.2) is 12.7 Å². The fourth-order valence-corrected chi connectivity index (χ4v) is 5.22. The number of rotatable bonds is 4. The molecule has 15 heavy (non-hydrogen) atoms. The topological polar surface area (TPSA) is 0 Å². The highest BCUT2D eigenvalue weighted by atomic mass is 14.5. The Kier molecular flexibility index (Phi) is 2.41. The van der Waals surface area contributed by atoms with Gasteiger partial charge < -0.3 is 0 Å². The van der Waals surface area contributed by atoms with E-state index in [1.807, 2.05) is 0 Å². The van der Waals surface area contributed by atoms with Crippen molar-refractivity contribution in [1.29, 1.82) is 0 Å². The molecular weight excluding hydrogens is 180 g/mol. The maximum Gasteiger partial charge on any atom is -0.0289 e. The molecule has 0 nitrogen and oxygen atoms in total. The van der Waals surface area contributed by atoms with Gasteiger partial charge in [0, 0.05) is 0 Å². The van der Waals surface area contributed by atoms with Crippen LogP contribution >= 0.6 is 0 Å². The van der Waals surface area contributed by atoms with Crippen LogP contribution in [-0.4, -0.2) is 0 Å². The minimum Gasteiger partial charge on any atom is -0.103 e. The molecule has 84 valence electrons. The lowest BCUT2D eigenvalue weighted by Gasteiger charge is -2.57. The van der Waals surface area contributed by atoms with E-state index in [-0.39, 0.29) is 0 Å². The molecule has 0 N–H and O–H groups in total. The van der Waals surface area contributed by atoms with Crippen molar-refractivity contribution in [3.63, 3.8) is 0 Å². The smallest absolute Gasteiger partial charge is 0.0289 e. The predicted molar refractivity (Wildman–Crippen MR) is 64.7 cm³/mol. The van der Waals surface area contributed by atoms with E-state index in [2.05, 4.69) is 12.7 Å². The van der Waals surface area contributed by atoms with Crippen molar-refractivity contribution in [2.24, 2.45) is 23.2 Å². The molecule has 4 aliphatic carbocycles. The number of hydrogen-bond acceptors (Lipinski definition) is 0. The van der Waals surface area contributed by atoms with Crippen LogP contribution in [0, 0.1) is 23.2 Å². The summed E-state index contributed by atoms with van der Waals surface area (Å²) < 4.78 is 0. The molecular formula is C15H24. The van der Waals surface area contributed by atoms with E-state index < -0.39 is 0 Å². The third-order valence-electron chi connectivity index (χ3n) is 5.28. The highest BCUT2D eigenvalue weighted by Gasteiger charge is 2.50. The van der Waals surface area contributed by atoms with Gasteiger partial charge in [-0.1, -0.05) is 6.08 Å². The first-order valence-corrected chi connectivity index (χ1v) is 6.90. The van der Waals surface area contributed by atoms with Crippen LogP contribution in [-0.2, 0) is 0 Å². The number of allylic oxidation sites excluding steroid dienone is 1. The van der Waals surface area contributed by atoms with Crippen LogP contribution in [0.2, 0.25) is 0 Å². The predicted octanol–water partition coefficient (Wildman–Crippen LogP) is 4.56. The molecule has 4 aliphatic rings. The average molecular weight is 204 g/mol. The van der Waals surface area contributed by atoms with Gasteiger partial charge in [0.1, 0.15) is 0 Å². The van der Waals surface area contributed by atoms with E-state index in [4.69, 9.17) is 0 Å². The molecule has 0 saturated heterocycles. The van der Waals surface area contributed by atoms with E-state index in [0.717, 1.165) is 23.2 Å². The van der Waals surface area contributed by atoms with Gasteiger partial charge in [-0.3, -0.25) is 0 Å². The largest absolute Gasteiger partial charge is 0.103 e. The first-order chi connectivity index (χ1) is 7.30. The van der Waals surface area contributed by atoms with Crippen molar-refractivity contribution in [3.8, 4) is 0 Å².